The van der Waals surface area contributed by atoms with Crippen LogP contribution in [0.15, 0.2) is 54.6 Å². The van der Waals surface area contributed by atoms with E-state index in [0.29, 0.717) is 0 Å². The molecule has 158 valence electrons. The van der Waals surface area contributed by atoms with Gasteiger partial charge in [0.1, 0.15) is 6.04 Å². The van der Waals surface area contributed by atoms with Crippen LogP contribution in [0.2, 0.25) is 0 Å². The average Bonchev–Trinajstić information content (AvgIpc) is 3.28. The summed E-state index contributed by atoms with van der Waals surface area (Å²) in [5.41, 5.74) is 4.24. The maximum absolute atomic E-state index is 12.8. The highest BCUT2D eigenvalue weighted by Crippen LogP contribution is 2.34. The summed E-state index contributed by atoms with van der Waals surface area (Å²) in [6.45, 7) is 0.199. The van der Waals surface area contributed by atoms with Crippen LogP contribution in [0.25, 0.3) is 10.9 Å². The molecule has 0 spiro atoms. The summed E-state index contributed by atoms with van der Waals surface area (Å²) in [5, 5.41) is 6.92. The van der Waals surface area contributed by atoms with Crippen LogP contribution in [-0.2, 0) is 22.6 Å². The fourth-order valence-corrected chi connectivity index (χ4v) is 4.63. The quantitative estimate of drug-likeness (QED) is 0.558. The zero-order valence-electron chi connectivity index (χ0n) is 17.1. The number of carbonyl (C=O) groups excluding carboxylic acids is 3. The van der Waals surface area contributed by atoms with Crippen LogP contribution in [0, 0.1) is 0 Å². The molecule has 3 aromatic rings. The van der Waals surface area contributed by atoms with Crippen LogP contribution in [0.5, 0.6) is 0 Å². The van der Waals surface area contributed by atoms with Crippen LogP contribution in [0.1, 0.15) is 42.1 Å². The molecule has 4 amide bonds. The van der Waals surface area contributed by atoms with Crippen LogP contribution in [-0.4, -0.2) is 33.8 Å². The van der Waals surface area contributed by atoms with Crippen molar-refractivity contribution < 1.29 is 14.4 Å². The van der Waals surface area contributed by atoms with Crippen molar-refractivity contribution in [2.24, 2.45) is 0 Å². The Hall–Kier alpha value is -3.61. The molecule has 2 atom stereocenters. The lowest BCUT2D eigenvalue weighted by molar-refractivity contribution is -0.131. The van der Waals surface area contributed by atoms with Crippen LogP contribution in [0.4, 0.5) is 4.79 Å². The van der Waals surface area contributed by atoms with Gasteiger partial charge in [-0.3, -0.25) is 14.5 Å². The maximum Gasteiger partial charge on any atom is 0.325 e. The summed E-state index contributed by atoms with van der Waals surface area (Å²) in [5.74, 6) is -0.601. The molecule has 1 aliphatic heterocycles. The van der Waals surface area contributed by atoms with Crippen molar-refractivity contribution in [2.75, 3.05) is 0 Å². The second kappa shape index (κ2) is 7.91. The highest BCUT2D eigenvalue weighted by molar-refractivity contribution is 6.05. The van der Waals surface area contributed by atoms with E-state index in [9.17, 15) is 14.4 Å². The smallest absolute Gasteiger partial charge is 0.325 e. The number of urea groups is 1. The number of nitrogens with one attached hydrogen (secondary N) is 3. The number of rotatable bonds is 5. The van der Waals surface area contributed by atoms with Gasteiger partial charge in [0.15, 0.2) is 0 Å². The lowest BCUT2D eigenvalue weighted by Gasteiger charge is -2.24. The van der Waals surface area contributed by atoms with E-state index >= 15 is 0 Å². The van der Waals surface area contributed by atoms with Gasteiger partial charge in [0, 0.05) is 16.6 Å². The molecule has 1 aliphatic carbocycles. The summed E-state index contributed by atoms with van der Waals surface area (Å²) in [7, 11) is 0. The van der Waals surface area contributed by atoms with Gasteiger partial charge in [-0.15, -0.1) is 0 Å². The summed E-state index contributed by atoms with van der Waals surface area (Å²) in [6, 6.07) is 16.1. The van der Waals surface area contributed by atoms with Gasteiger partial charge in [-0.25, -0.2) is 4.79 Å². The molecule has 3 N–H and O–H groups in total. The summed E-state index contributed by atoms with van der Waals surface area (Å²) >= 11 is 0. The molecule has 1 aromatic heterocycles. The molecular formula is C24H24N4O3. The third-order valence-electron chi connectivity index (χ3n) is 6.13. The van der Waals surface area contributed by atoms with Crippen LogP contribution >= 0.6 is 0 Å². The Morgan fingerprint density at radius 3 is 2.68 bits per heavy atom. The minimum absolute atomic E-state index is 0.0675. The molecule has 7 nitrogen and oxygen atoms in total. The third-order valence-corrected chi connectivity index (χ3v) is 6.13. The molecule has 1 fully saturated rings. The van der Waals surface area contributed by atoms with Crippen molar-refractivity contribution in [1.29, 1.82) is 0 Å². The molecule has 2 aromatic carbocycles. The van der Waals surface area contributed by atoms with Crippen molar-refractivity contribution in [3.8, 4) is 0 Å². The van der Waals surface area contributed by atoms with E-state index in [1.807, 2.05) is 48.5 Å². The summed E-state index contributed by atoms with van der Waals surface area (Å²) < 4.78 is 0. The molecule has 2 aliphatic rings. The number of aromatic nitrogens is 1. The number of para-hydroxylation sites is 1. The first-order valence-corrected chi connectivity index (χ1v) is 10.6. The number of carbonyl (C=O) groups is 3. The molecule has 0 saturated carbocycles. The van der Waals surface area contributed by atoms with Gasteiger partial charge < -0.3 is 15.6 Å². The zero-order valence-corrected chi connectivity index (χ0v) is 17.1. The van der Waals surface area contributed by atoms with Gasteiger partial charge in [0.25, 0.3) is 5.91 Å². The predicted octanol–water partition coefficient (Wildman–Crippen LogP) is 3.17. The molecule has 5 rings (SSSR count). The second-order valence-corrected chi connectivity index (χ2v) is 8.19. The van der Waals surface area contributed by atoms with E-state index in [1.54, 1.807) is 0 Å². The topological polar surface area (TPSA) is 94.3 Å². The minimum Gasteiger partial charge on any atom is -0.356 e. The fourth-order valence-electron chi connectivity index (χ4n) is 4.63. The van der Waals surface area contributed by atoms with Gasteiger partial charge in [-0.05, 0) is 36.5 Å². The molecule has 0 unspecified atom stereocenters. The van der Waals surface area contributed by atoms with Crippen molar-refractivity contribution in [1.82, 2.24) is 20.5 Å². The number of nitrogens with zero attached hydrogens (tertiary/aromatic N) is 1. The number of benzene rings is 2. The Bertz CT molecular complexity index is 1150. The van der Waals surface area contributed by atoms with Gasteiger partial charge in [0.05, 0.1) is 19.0 Å². The van der Waals surface area contributed by atoms with Gasteiger partial charge >= 0.3 is 6.03 Å². The van der Waals surface area contributed by atoms with E-state index in [-0.39, 0.29) is 30.8 Å². The second-order valence-electron chi connectivity index (χ2n) is 8.19. The predicted molar refractivity (Wildman–Crippen MR) is 116 cm³/mol. The average molecular weight is 416 g/mol. The van der Waals surface area contributed by atoms with Crippen molar-refractivity contribution in [3.05, 3.63) is 71.4 Å². The van der Waals surface area contributed by atoms with Gasteiger partial charge in [-0.1, -0.05) is 48.5 Å². The van der Waals surface area contributed by atoms with Gasteiger partial charge in [-0.2, -0.15) is 0 Å². The third kappa shape index (κ3) is 3.67. The molecule has 1 saturated heterocycles. The normalized spacial score (nSPS) is 20.6. The molecule has 7 heteroatoms. The Balaban J connectivity index is 1.25. The number of hydrogen-bond donors (Lipinski definition) is 3. The lowest BCUT2D eigenvalue weighted by Crippen LogP contribution is -2.38. The maximum atomic E-state index is 12.8. The number of imide groups is 1. The van der Waals surface area contributed by atoms with E-state index in [0.717, 1.165) is 36.0 Å². The number of aryl methyl sites for hydroxylation is 1. The van der Waals surface area contributed by atoms with E-state index < -0.39 is 12.1 Å². The van der Waals surface area contributed by atoms with Crippen molar-refractivity contribution in [3.63, 3.8) is 0 Å². The molecule has 0 radical (unpaired) electrons. The minimum atomic E-state index is -0.831. The first-order valence-electron chi connectivity index (χ1n) is 10.6. The van der Waals surface area contributed by atoms with Crippen LogP contribution in [0.3, 0.4) is 0 Å². The highest BCUT2D eigenvalue weighted by Gasteiger charge is 2.39. The summed E-state index contributed by atoms with van der Waals surface area (Å²) in [6.07, 6.45) is 2.75. The molecular weight excluding hydrogens is 392 g/mol. The Morgan fingerprint density at radius 1 is 1.06 bits per heavy atom. The van der Waals surface area contributed by atoms with Crippen molar-refractivity contribution >= 4 is 28.7 Å². The summed E-state index contributed by atoms with van der Waals surface area (Å²) in [4.78, 5) is 42.4. The first-order chi connectivity index (χ1) is 15.1. The Morgan fingerprint density at radius 2 is 1.84 bits per heavy atom. The monoisotopic (exact) mass is 416 g/mol. The Labute approximate surface area is 179 Å². The lowest BCUT2D eigenvalue weighted by atomic mass is 9.91. The molecule has 2 heterocycles. The van der Waals surface area contributed by atoms with E-state index in [4.69, 9.17) is 0 Å². The number of amides is 4. The molecule has 0 bridgehead atoms. The fraction of sp³-hybridized carbons (Fsp3) is 0.292. The standard InChI is InChI=1S/C24H24N4O3/c29-21(13-20-23(30)28(24(31)27-20)14-15-7-2-1-3-8-15)25-19-12-6-10-17-16-9-4-5-11-18(16)26-22(17)19/h1-5,7-9,11,19-20,26H,6,10,12-14H2,(H,25,29)(H,27,31)/t19-,20+/m0/s1. The SMILES string of the molecule is O=C(C[C@H]1NC(=O)N(Cc2ccccc2)C1=O)N[C@H]1CCCc2c1[nH]c1ccccc21. The first kappa shape index (κ1) is 19.4. The zero-order chi connectivity index (χ0) is 21.4. The number of H-pyrrole nitrogens is 1. The highest BCUT2D eigenvalue weighted by atomic mass is 16.2. The number of aromatic amines is 1. The largest absolute Gasteiger partial charge is 0.356 e. The van der Waals surface area contributed by atoms with Gasteiger partial charge in [0.2, 0.25) is 5.91 Å². The van der Waals surface area contributed by atoms with E-state index in [1.165, 1.54) is 15.8 Å². The molecule has 31 heavy (non-hydrogen) atoms. The Kier molecular flexibility index (Phi) is 4.94. The number of hydrogen-bond acceptors (Lipinski definition) is 3. The van der Waals surface area contributed by atoms with E-state index in [2.05, 4.69) is 21.7 Å². The number of fused-ring (bicyclic) bond motifs is 3. The van der Waals surface area contributed by atoms with Crippen LogP contribution < -0.4 is 10.6 Å². The van der Waals surface area contributed by atoms with Crippen molar-refractivity contribution in [2.45, 2.75) is 44.3 Å².